The Morgan fingerprint density at radius 3 is 1.83 bits per heavy atom. The van der Waals surface area contributed by atoms with Crippen LogP contribution < -0.4 is 0 Å². The van der Waals surface area contributed by atoms with Crippen molar-refractivity contribution in [2.75, 3.05) is 0 Å². The smallest absolute Gasteiger partial charge is 0.236 e. The summed E-state index contributed by atoms with van der Waals surface area (Å²) in [6, 6.07) is 64.0. The number of hydrogen-bond donors (Lipinski definition) is 0. The van der Waals surface area contributed by atoms with Gasteiger partial charge in [0.2, 0.25) is 5.95 Å². The third-order valence-electron chi connectivity index (χ3n) is 12.5. The lowest BCUT2D eigenvalue weighted by atomic mass is 9.97. The van der Waals surface area contributed by atoms with E-state index in [1.807, 2.05) is 24.3 Å². The van der Waals surface area contributed by atoms with Gasteiger partial charge in [-0.05, 0) is 76.1 Å². The number of aromatic nitrogens is 4. The van der Waals surface area contributed by atoms with Crippen molar-refractivity contribution < 1.29 is 8.83 Å². The number of furan rings is 2. The fourth-order valence-electron chi connectivity index (χ4n) is 9.99. The van der Waals surface area contributed by atoms with Gasteiger partial charge in [-0.3, -0.25) is 4.57 Å². The fourth-order valence-corrected chi connectivity index (χ4v) is 9.99. The van der Waals surface area contributed by atoms with Crippen LogP contribution in [0.15, 0.2) is 191 Å². The minimum atomic E-state index is 0.545. The minimum absolute atomic E-state index is 0.545. The molecule has 14 aromatic rings. The molecule has 0 N–H and O–H groups in total. The molecule has 5 aromatic heterocycles. The Hall–Kier alpha value is -8.22. The van der Waals surface area contributed by atoms with Gasteiger partial charge in [0, 0.05) is 49.0 Å². The Labute approximate surface area is 340 Å². The lowest BCUT2D eigenvalue weighted by Gasteiger charge is -2.11. The van der Waals surface area contributed by atoms with Crippen molar-refractivity contribution in [3.05, 3.63) is 182 Å². The quantitative estimate of drug-likeness (QED) is 0.180. The molecule has 6 heteroatoms. The summed E-state index contributed by atoms with van der Waals surface area (Å²) in [6.45, 7) is 0. The third-order valence-corrected chi connectivity index (χ3v) is 12.5. The molecule has 60 heavy (non-hydrogen) atoms. The highest BCUT2D eigenvalue weighted by molar-refractivity contribution is 6.37. The number of rotatable bonds is 3. The first-order chi connectivity index (χ1) is 29.8. The van der Waals surface area contributed by atoms with Gasteiger partial charge in [0.25, 0.3) is 0 Å². The molecule has 0 radical (unpaired) electrons. The summed E-state index contributed by atoms with van der Waals surface area (Å²) in [5, 5.41) is 12.3. The average Bonchev–Trinajstić information content (AvgIpc) is 4.07. The highest BCUT2D eigenvalue weighted by atomic mass is 16.3. The number of para-hydroxylation sites is 4. The number of fused-ring (bicyclic) bond motifs is 18. The summed E-state index contributed by atoms with van der Waals surface area (Å²) in [5.41, 5.74) is 10.8. The van der Waals surface area contributed by atoms with E-state index in [9.17, 15) is 0 Å². The molecule has 0 aliphatic carbocycles. The van der Waals surface area contributed by atoms with Gasteiger partial charge in [-0.15, -0.1) is 0 Å². The van der Waals surface area contributed by atoms with E-state index >= 15 is 0 Å². The topological polar surface area (TPSA) is 61.9 Å². The molecule has 6 nitrogen and oxygen atoms in total. The Balaban J connectivity index is 1.16. The molecular weight excluding hydrogens is 737 g/mol. The molecule has 0 amide bonds. The van der Waals surface area contributed by atoms with Crippen molar-refractivity contribution in [1.29, 1.82) is 0 Å². The largest absolute Gasteiger partial charge is 0.454 e. The van der Waals surface area contributed by atoms with Crippen LogP contribution in [-0.2, 0) is 0 Å². The average molecular weight is 767 g/mol. The summed E-state index contributed by atoms with van der Waals surface area (Å²) >= 11 is 0. The van der Waals surface area contributed by atoms with Gasteiger partial charge in [0.05, 0.1) is 16.6 Å². The summed E-state index contributed by atoms with van der Waals surface area (Å²) in [6.07, 6.45) is 0. The molecule has 0 saturated heterocycles. The van der Waals surface area contributed by atoms with Gasteiger partial charge in [0.15, 0.2) is 11.2 Å². The molecule has 9 aromatic carbocycles. The molecule has 0 saturated carbocycles. The van der Waals surface area contributed by atoms with E-state index in [4.69, 9.17) is 18.8 Å². The van der Waals surface area contributed by atoms with Crippen LogP contribution in [0, 0.1) is 0 Å². The van der Waals surface area contributed by atoms with Crippen molar-refractivity contribution in [1.82, 2.24) is 19.1 Å². The molecule has 0 atom stereocenters. The van der Waals surface area contributed by atoms with Gasteiger partial charge in [-0.1, -0.05) is 127 Å². The monoisotopic (exact) mass is 766 g/mol. The highest BCUT2D eigenvalue weighted by Gasteiger charge is 2.27. The van der Waals surface area contributed by atoms with Crippen molar-refractivity contribution >= 4 is 109 Å². The maximum absolute atomic E-state index is 6.97. The molecule has 0 unspecified atom stereocenters. The molecule has 5 heterocycles. The Morgan fingerprint density at radius 1 is 0.383 bits per heavy atom. The van der Waals surface area contributed by atoms with Gasteiger partial charge in [0.1, 0.15) is 27.9 Å². The second-order valence-corrected chi connectivity index (χ2v) is 15.7. The molecule has 0 aliphatic heterocycles. The molecular formula is C54H30N4O2. The van der Waals surface area contributed by atoms with Crippen LogP contribution in [0.3, 0.4) is 0 Å². The maximum Gasteiger partial charge on any atom is 0.236 e. The zero-order valence-electron chi connectivity index (χ0n) is 31.9. The molecule has 0 aliphatic rings. The molecule has 278 valence electrons. The Morgan fingerprint density at radius 2 is 1.00 bits per heavy atom. The Bertz CT molecular complexity index is 4130. The van der Waals surface area contributed by atoms with E-state index in [-0.39, 0.29) is 0 Å². The Kier molecular flexibility index (Phi) is 6.20. The molecule has 0 spiro atoms. The van der Waals surface area contributed by atoms with E-state index in [1.54, 1.807) is 0 Å². The first-order valence-corrected chi connectivity index (χ1v) is 20.2. The number of benzene rings is 9. The van der Waals surface area contributed by atoms with Crippen LogP contribution in [0.5, 0.6) is 0 Å². The maximum atomic E-state index is 6.97. The first-order valence-electron chi connectivity index (χ1n) is 20.2. The fraction of sp³-hybridized carbons (Fsp3) is 0. The van der Waals surface area contributed by atoms with Crippen molar-refractivity contribution in [2.24, 2.45) is 0 Å². The van der Waals surface area contributed by atoms with Crippen molar-refractivity contribution in [2.45, 2.75) is 0 Å². The van der Waals surface area contributed by atoms with Gasteiger partial charge >= 0.3 is 0 Å². The lowest BCUT2D eigenvalue weighted by molar-refractivity contribution is 0.666. The second kappa shape index (κ2) is 11.7. The van der Waals surface area contributed by atoms with Crippen LogP contribution in [0.25, 0.3) is 132 Å². The second-order valence-electron chi connectivity index (χ2n) is 15.7. The lowest BCUT2D eigenvalue weighted by Crippen LogP contribution is -2.03. The number of hydrogen-bond acceptors (Lipinski definition) is 4. The zero-order valence-corrected chi connectivity index (χ0v) is 31.9. The summed E-state index contributed by atoms with van der Waals surface area (Å²) < 4.78 is 18.3. The van der Waals surface area contributed by atoms with Crippen molar-refractivity contribution in [3.8, 4) is 22.9 Å². The van der Waals surface area contributed by atoms with Crippen LogP contribution in [0.1, 0.15) is 0 Å². The zero-order chi connectivity index (χ0) is 39.1. The predicted molar refractivity (Wildman–Crippen MR) is 246 cm³/mol. The van der Waals surface area contributed by atoms with Crippen LogP contribution in [-0.4, -0.2) is 19.1 Å². The van der Waals surface area contributed by atoms with E-state index in [0.29, 0.717) is 11.5 Å². The minimum Gasteiger partial charge on any atom is -0.454 e. The SMILES string of the molecule is c1ccc(-n2c3ccccc3c3cc(-c4nc(-n5c6ccc7ccccc7c6c6c7ccccc7c7c8ccccc8oc7c65)nc5c4oc4ccccc45)ccc32)cc1. The van der Waals surface area contributed by atoms with Gasteiger partial charge in [-0.25, -0.2) is 9.97 Å². The van der Waals surface area contributed by atoms with Gasteiger partial charge in [-0.2, -0.15) is 0 Å². The van der Waals surface area contributed by atoms with Crippen LogP contribution in [0.2, 0.25) is 0 Å². The standard InChI is InChI=1S/C54H30N4O2/c1-2-15-33(16-3-1)57-41-23-11-8-18-35(41)40-30-32(27-28-42(40)57)49-53-50(39-22-10-13-25-45(39)60-53)56-54(55-49)58-43-29-26-31-14-4-5-17-34(31)47(43)48-37-20-7-6-19-36(37)46-38-21-9-12-24-44(38)59-52(46)51(48)58/h1-30H. The van der Waals surface area contributed by atoms with Gasteiger partial charge < -0.3 is 13.4 Å². The third kappa shape index (κ3) is 4.16. The summed E-state index contributed by atoms with van der Waals surface area (Å²) in [7, 11) is 0. The van der Waals surface area contributed by atoms with E-state index in [0.717, 1.165) is 110 Å². The molecule has 14 rings (SSSR count). The summed E-state index contributed by atoms with van der Waals surface area (Å²) in [5.74, 6) is 0.545. The summed E-state index contributed by atoms with van der Waals surface area (Å²) in [4.78, 5) is 11.1. The van der Waals surface area contributed by atoms with Crippen LogP contribution in [0.4, 0.5) is 0 Å². The number of nitrogens with zero attached hydrogens (tertiary/aromatic N) is 4. The van der Waals surface area contributed by atoms with Crippen molar-refractivity contribution in [3.63, 3.8) is 0 Å². The first kappa shape index (κ1) is 31.8. The van der Waals surface area contributed by atoms with E-state index in [1.165, 1.54) is 10.8 Å². The van der Waals surface area contributed by atoms with Crippen LogP contribution >= 0.6 is 0 Å². The van der Waals surface area contributed by atoms with E-state index < -0.39 is 0 Å². The van der Waals surface area contributed by atoms with E-state index in [2.05, 4.69) is 167 Å². The normalized spacial score (nSPS) is 12.3. The highest BCUT2D eigenvalue weighted by Crippen LogP contribution is 2.48. The molecule has 0 bridgehead atoms. The predicted octanol–water partition coefficient (Wildman–Crippen LogP) is 14.4. The molecule has 0 fully saturated rings.